The van der Waals surface area contributed by atoms with Gasteiger partial charge in [0.15, 0.2) is 9.84 Å². The molecule has 4 heteroatoms. The maximum absolute atomic E-state index is 11.8. The predicted molar refractivity (Wildman–Crippen MR) is 76.6 cm³/mol. The average molecular weight is 269 g/mol. The molecule has 0 bridgehead atoms. The molecule has 0 aromatic heterocycles. The second-order valence-electron chi connectivity index (χ2n) is 4.93. The molecule has 1 rings (SSSR count). The topological polar surface area (TPSA) is 46.2 Å². The van der Waals surface area contributed by atoms with E-state index < -0.39 is 15.1 Å². The lowest BCUT2D eigenvalue weighted by Crippen LogP contribution is -2.35. The molecule has 18 heavy (non-hydrogen) atoms. The number of sulfone groups is 1. The minimum Gasteiger partial charge on any atom is -0.309 e. The van der Waals surface area contributed by atoms with Crippen molar-refractivity contribution in [3.63, 3.8) is 0 Å². The Labute approximate surface area is 111 Å². The van der Waals surface area contributed by atoms with Crippen LogP contribution in [0.15, 0.2) is 18.2 Å². The molecule has 2 unspecified atom stereocenters. The van der Waals surface area contributed by atoms with Gasteiger partial charge in [0.25, 0.3) is 0 Å². The van der Waals surface area contributed by atoms with Crippen LogP contribution in [0.25, 0.3) is 0 Å². The van der Waals surface area contributed by atoms with Gasteiger partial charge in [0, 0.05) is 12.3 Å². The summed E-state index contributed by atoms with van der Waals surface area (Å²) in [4.78, 5) is 0. The van der Waals surface area contributed by atoms with Gasteiger partial charge in [-0.1, -0.05) is 30.7 Å². The van der Waals surface area contributed by atoms with Crippen molar-refractivity contribution < 1.29 is 8.42 Å². The van der Waals surface area contributed by atoms with E-state index in [1.54, 1.807) is 6.92 Å². The zero-order valence-electron chi connectivity index (χ0n) is 11.8. The maximum atomic E-state index is 11.8. The molecule has 0 aliphatic rings. The van der Waals surface area contributed by atoms with Gasteiger partial charge in [0.2, 0.25) is 0 Å². The fraction of sp³-hybridized carbons (Fsp3) is 0.571. The van der Waals surface area contributed by atoms with E-state index >= 15 is 0 Å². The van der Waals surface area contributed by atoms with Gasteiger partial charge < -0.3 is 5.32 Å². The first kappa shape index (κ1) is 15.2. The van der Waals surface area contributed by atoms with Gasteiger partial charge >= 0.3 is 0 Å². The van der Waals surface area contributed by atoms with Crippen molar-refractivity contribution in [2.45, 2.75) is 39.0 Å². The van der Waals surface area contributed by atoms with Gasteiger partial charge in [-0.05, 0) is 38.4 Å². The zero-order chi connectivity index (χ0) is 13.9. The third-order valence-corrected chi connectivity index (χ3v) is 4.96. The SMILES string of the molecule is CCNC(c1cc(C)ccc1C)C(C)S(C)(=O)=O. The Morgan fingerprint density at radius 1 is 1.28 bits per heavy atom. The highest BCUT2D eigenvalue weighted by Gasteiger charge is 2.27. The maximum Gasteiger partial charge on any atom is 0.151 e. The minimum absolute atomic E-state index is 0.148. The Morgan fingerprint density at radius 2 is 1.89 bits per heavy atom. The summed E-state index contributed by atoms with van der Waals surface area (Å²) >= 11 is 0. The largest absolute Gasteiger partial charge is 0.309 e. The average Bonchev–Trinajstić information content (AvgIpc) is 2.27. The second kappa shape index (κ2) is 5.85. The molecule has 0 saturated heterocycles. The third-order valence-electron chi connectivity index (χ3n) is 3.34. The van der Waals surface area contributed by atoms with E-state index in [0.29, 0.717) is 0 Å². The number of hydrogen-bond acceptors (Lipinski definition) is 3. The molecular formula is C14H23NO2S. The van der Waals surface area contributed by atoms with Crippen molar-refractivity contribution >= 4 is 9.84 Å². The summed E-state index contributed by atoms with van der Waals surface area (Å²) in [7, 11) is -3.06. The summed E-state index contributed by atoms with van der Waals surface area (Å²) < 4.78 is 23.6. The third kappa shape index (κ3) is 3.56. The van der Waals surface area contributed by atoms with Crippen molar-refractivity contribution in [2.24, 2.45) is 0 Å². The number of rotatable bonds is 5. The van der Waals surface area contributed by atoms with E-state index in [0.717, 1.165) is 23.2 Å². The van der Waals surface area contributed by atoms with Crippen molar-refractivity contribution in [2.75, 3.05) is 12.8 Å². The normalized spacial score (nSPS) is 15.4. The van der Waals surface area contributed by atoms with E-state index in [1.165, 1.54) is 6.26 Å². The van der Waals surface area contributed by atoms with Crippen LogP contribution in [0.2, 0.25) is 0 Å². The van der Waals surface area contributed by atoms with Crippen LogP contribution in [0.1, 0.15) is 36.6 Å². The molecule has 1 aromatic carbocycles. The van der Waals surface area contributed by atoms with Crippen molar-refractivity contribution in [3.8, 4) is 0 Å². The van der Waals surface area contributed by atoms with Gasteiger partial charge in [-0.15, -0.1) is 0 Å². The molecule has 1 N–H and O–H groups in total. The van der Waals surface area contributed by atoms with E-state index in [9.17, 15) is 8.42 Å². The molecule has 1 aromatic rings. The summed E-state index contributed by atoms with van der Waals surface area (Å²) in [6.07, 6.45) is 1.30. The molecular weight excluding hydrogens is 246 g/mol. The summed E-state index contributed by atoms with van der Waals surface area (Å²) in [6, 6.07) is 6.02. The zero-order valence-corrected chi connectivity index (χ0v) is 12.6. The van der Waals surface area contributed by atoms with Crippen LogP contribution >= 0.6 is 0 Å². The van der Waals surface area contributed by atoms with Gasteiger partial charge in [-0.3, -0.25) is 0 Å². The molecule has 2 atom stereocenters. The van der Waals surface area contributed by atoms with Gasteiger partial charge in [0.05, 0.1) is 5.25 Å². The second-order valence-corrected chi connectivity index (χ2v) is 7.33. The first-order chi connectivity index (χ1) is 8.27. The summed E-state index contributed by atoms with van der Waals surface area (Å²) in [6.45, 7) is 8.56. The predicted octanol–water partition coefficient (Wildman–Crippen LogP) is 2.39. The van der Waals surface area contributed by atoms with Gasteiger partial charge in [0.1, 0.15) is 0 Å². The monoisotopic (exact) mass is 269 g/mol. The van der Waals surface area contributed by atoms with E-state index in [4.69, 9.17) is 0 Å². The number of benzene rings is 1. The Hall–Kier alpha value is -0.870. The molecule has 0 aliphatic heterocycles. The lowest BCUT2D eigenvalue weighted by molar-refractivity contribution is 0.511. The Kier molecular flexibility index (Phi) is 4.93. The molecule has 0 amide bonds. The number of hydrogen-bond donors (Lipinski definition) is 1. The molecule has 102 valence electrons. The standard InChI is InChI=1S/C14H23NO2S/c1-6-15-14(12(4)18(5,16)17)13-9-10(2)7-8-11(13)3/h7-9,12,14-15H,6H2,1-5H3. The highest BCUT2D eigenvalue weighted by atomic mass is 32.2. The van der Waals surface area contributed by atoms with Crippen LogP contribution in [-0.4, -0.2) is 26.5 Å². The van der Waals surface area contributed by atoms with E-state index in [1.807, 2.05) is 32.9 Å². The minimum atomic E-state index is -3.06. The molecule has 0 aliphatic carbocycles. The fourth-order valence-electron chi connectivity index (χ4n) is 2.09. The molecule has 3 nitrogen and oxygen atoms in total. The lowest BCUT2D eigenvalue weighted by atomic mass is 9.97. The molecule has 0 spiro atoms. The van der Waals surface area contributed by atoms with Gasteiger partial charge in [-0.25, -0.2) is 8.42 Å². The number of aryl methyl sites for hydroxylation is 2. The van der Waals surface area contributed by atoms with Crippen LogP contribution in [0.5, 0.6) is 0 Å². The first-order valence-corrected chi connectivity index (χ1v) is 8.22. The smallest absolute Gasteiger partial charge is 0.151 e. The van der Waals surface area contributed by atoms with E-state index in [-0.39, 0.29) is 6.04 Å². The van der Waals surface area contributed by atoms with Gasteiger partial charge in [-0.2, -0.15) is 0 Å². The highest BCUT2D eigenvalue weighted by molar-refractivity contribution is 7.91. The van der Waals surface area contributed by atoms with E-state index in [2.05, 4.69) is 11.4 Å². The van der Waals surface area contributed by atoms with Crippen molar-refractivity contribution in [3.05, 3.63) is 34.9 Å². The lowest BCUT2D eigenvalue weighted by Gasteiger charge is -2.26. The molecule has 0 fully saturated rings. The van der Waals surface area contributed by atoms with Crippen LogP contribution < -0.4 is 5.32 Å². The van der Waals surface area contributed by atoms with Crippen LogP contribution in [-0.2, 0) is 9.84 Å². The first-order valence-electron chi connectivity index (χ1n) is 6.26. The Balaban J connectivity index is 3.23. The van der Waals surface area contributed by atoms with Crippen molar-refractivity contribution in [1.82, 2.24) is 5.32 Å². The van der Waals surface area contributed by atoms with Crippen LogP contribution in [0, 0.1) is 13.8 Å². The molecule has 0 saturated carbocycles. The summed E-state index contributed by atoms with van der Waals surface area (Å²) in [5.41, 5.74) is 3.36. The summed E-state index contributed by atoms with van der Waals surface area (Å²) in [5, 5.41) is 2.86. The van der Waals surface area contributed by atoms with Crippen LogP contribution in [0.4, 0.5) is 0 Å². The fourth-order valence-corrected chi connectivity index (χ4v) is 2.83. The quantitative estimate of drug-likeness (QED) is 0.892. The Bertz CT molecular complexity index is 509. The molecule has 0 radical (unpaired) electrons. The number of nitrogens with one attached hydrogen (secondary N) is 1. The van der Waals surface area contributed by atoms with Crippen molar-refractivity contribution in [1.29, 1.82) is 0 Å². The van der Waals surface area contributed by atoms with Crippen LogP contribution in [0.3, 0.4) is 0 Å². The molecule has 0 heterocycles. The highest BCUT2D eigenvalue weighted by Crippen LogP contribution is 2.25. The Morgan fingerprint density at radius 3 is 2.39 bits per heavy atom. The summed E-state index contributed by atoms with van der Waals surface area (Å²) in [5.74, 6) is 0.